The zero-order chi connectivity index (χ0) is 33.9. The van der Waals surface area contributed by atoms with E-state index in [1.54, 1.807) is 58.9 Å². The predicted octanol–water partition coefficient (Wildman–Crippen LogP) is 3.89. The molecule has 6 rings (SSSR count). The summed E-state index contributed by atoms with van der Waals surface area (Å²) in [6.45, 7) is 4.11. The second-order valence-electron chi connectivity index (χ2n) is 11.5. The van der Waals surface area contributed by atoms with Crippen molar-refractivity contribution >= 4 is 39.4 Å². The van der Waals surface area contributed by atoms with Gasteiger partial charge in [0, 0.05) is 26.1 Å². The van der Waals surface area contributed by atoms with Crippen molar-refractivity contribution in [2.24, 2.45) is 0 Å². The van der Waals surface area contributed by atoms with Crippen molar-refractivity contribution in [2.75, 3.05) is 33.9 Å². The monoisotopic (exact) mass is 674 g/mol. The fourth-order valence-corrected chi connectivity index (χ4v) is 6.99. The van der Waals surface area contributed by atoms with E-state index in [-0.39, 0.29) is 56.7 Å². The van der Waals surface area contributed by atoms with Crippen LogP contribution in [-0.4, -0.2) is 93.8 Å². The molecule has 0 unspecified atom stereocenters. The number of benzene rings is 3. The molecular formula is C34H35FN6O6S. The quantitative estimate of drug-likeness (QED) is 0.243. The van der Waals surface area contributed by atoms with Crippen LogP contribution in [0.5, 0.6) is 17.2 Å². The topological polar surface area (TPSA) is 128 Å². The molecule has 2 fully saturated rings. The van der Waals surface area contributed by atoms with E-state index in [9.17, 15) is 23.9 Å². The Morgan fingerprint density at radius 2 is 1.85 bits per heavy atom. The van der Waals surface area contributed by atoms with E-state index in [1.165, 1.54) is 46.6 Å². The molecule has 2 saturated heterocycles. The number of piperazine rings is 1. The summed E-state index contributed by atoms with van der Waals surface area (Å²) in [4.78, 5) is 49.6. The Kier molecular flexibility index (Phi) is 9.46. The van der Waals surface area contributed by atoms with Crippen LogP contribution in [0, 0.1) is 5.82 Å². The summed E-state index contributed by atoms with van der Waals surface area (Å²) in [5.74, 6) is 0.115. The van der Waals surface area contributed by atoms with E-state index < -0.39 is 24.1 Å². The first-order chi connectivity index (χ1) is 23.2. The highest BCUT2D eigenvalue weighted by Crippen LogP contribution is 2.32. The number of rotatable bonds is 10. The van der Waals surface area contributed by atoms with Crippen molar-refractivity contribution in [1.29, 1.82) is 0 Å². The van der Waals surface area contributed by atoms with Gasteiger partial charge in [-0.2, -0.15) is 0 Å². The molecule has 48 heavy (non-hydrogen) atoms. The van der Waals surface area contributed by atoms with Gasteiger partial charge in [-0.1, -0.05) is 30.3 Å². The number of phenols is 1. The molecule has 0 aliphatic carbocycles. The third-order valence-corrected chi connectivity index (χ3v) is 9.35. The Balaban J connectivity index is 1.35. The number of nitrogens with one attached hydrogen (secondary N) is 1. The van der Waals surface area contributed by atoms with E-state index in [0.29, 0.717) is 27.3 Å². The summed E-state index contributed by atoms with van der Waals surface area (Å²) < 4.78 is 25.7. The zero-order valence-electron chi connectivity index (χ0n) is 26.5. The lowest BCUT2D eigenvalue weighted by molar-refractivity contribution is -0.189. The molecule has 3 aromatic carbocycles. The van der Waals surface area contributed by atoms with Gasteiger partial charge in [0.2, 0.25) is 11.8 Å². The molecule has 250 valence electrons. The number of hydrazine groups is 1. The Hall–Kier alpha value is -5.21. The third kappa shape index (κ3) is 6.36. The highest BCUT2D eigenvalue weighted by molar-refractivity contribution is 7.16. The Morgan fingerprint density at radius 1 is 1.10 bits per heavy atom. The number of hydrogen-bond acceptors (Lipinski definition) is 9. The van der Waals surface area contributed by atoms with Gasteiger partial charge < -0.3 is 29.7 Å². The van der Waals surface area contributed by atoms with Crippen molar-refractivity contribution in [3.63, 3.8) is 0 Å². The number of nitrogens with zero attached hydrogens (tertiary/aromatic N) is 5. The average Bonchev–Trinajstić information content (AvgIpc) is 3.59. The second kappa shape index (κ2) is 13.9. The molecule has 4 amide bonds. The van der Waals surface area contributed by atoms with Gasteiger partial charge in [-0.05, 0) is 47.0 Å². The normalized spacial score (nSPS) is 18.2. The molecular weight excluding hydrogens is 639 g/mol. The van der Waals surface area contributed by atoms with Gasteiger partial charge in [0.15, 0.2) is 11.5 Å². The van der Waals surface area contributed by atoms with Crippen LogP contribution in [0.15, 0.2) is 72.8 Å². The number of aromatic nitrogens is 1. The maximum atomic E-state index is 14.5. The van der Waals surface area contributed by atoms with Crippen LogP contribution >= 0.6 is 11.3 Å². The van der Waals surface area contributed by atoms with Crippen LogP contribution in [0.4, 0.5) is 9.18 Å². The molecule has 2 atom stereocenters. The standard InChI is InChI=1S/C34H35FN6O6S/c1-4-13-39-19-30(43)40-26(14-21-5-9-24(42)10-6-21)33(44)38(17-23-8-11-25(35)32-31(23)37-20-48-32)18-29(40)41(39)34(45)36-16-22-7-12-27(46-2)28(15-22)47-3/h4-12,15,20,26,29,42H,1,13-14,16-19H2,2-3H3,(H,36,45)/t26-,29-/m0/s1. The van der Waals surface area contributed by atoms with E-state index in [0.717, 1.165) is 11.1 Å². The van der Waals surface area contributed by atoms with Crippen molar-refractivity contribution in [3.8, 4) is 17.2 Å². The highest BCUT2D eigenvalue weighted by atomic mass is 32.1. The molecule has 2 aliphatic heterocycles. The van der Waals surface area contributed by atoms with Gasteiger partial charge in [-0.3, -0.25) is 9.59 Å². The molecule has 1 aromatic heterocycles. The van der Waals surface area contributed by atoms with Crippen molar-refractivity contribution in [1.82, 2.24) is 30.1 Å². The molecule has 0 bridgehead atoms. The smallest absolute Gasteiger partial charge is 0.334 e. The molecule has 12 nitrogen and oxygen atoms in total. The number of ether oxygens (including phenoxy) is 2. The van der Waals surface area contributed by atoms with Gasteiger partial charge in [0.1, 0.15) is 23.8 Å². The van der Waals surface area contributed by atoms with Gasteiger partial charge in [-0.15, -0.1) is 17.9 Å². The van der Waals surface area contributed by atoms with Crippen LogP contribution in [0.3, 0.4) is 0 Å². The van der Waals surface area contributed by atoms with E-state index in [4.69, 9.17) is 9.47 Å². The number of phenolic OH excluding ortho intramolecular Hbond substituents is 1. The van der Waals surface area contributed by atoms with Crippen LogP contribution in [0.25, 0.3) is 10.2 Å². The van der Waals surface area contributed by atoms with Gasteiger partial charge in [0.25, 0.3) is 0 Å². The number of halogens is 1. The third-order valence-electron chi connectivity index (χ3n) is 8.52. The van der Waals surface area contributed by atoms with Crippen LogP contribution in [0.2, 0.25) is 0 Å². The molecule has 3 heterocycles. The lowest BCUT2D eigenvalue weighted by atomic mass is 9.98. The number of hydrogen-bond donors (Lipinski definition) is 2. The number of carbonyl (C=O) groups excluding carboxylic acids is 3. The lowest BCUT2D eigenvalue weighted by Crippen LogP contribution is -2.76. The van der Waals surface area contributed by atoms with Crippen LogP contribution in [-0.2, 0) is 29.1 Å². The number of carbonyl (C=O) groups is 3. The van der Waals surface area contributed by atoms with E-state index >= 15 is 0 Å². The average molecular weight is 675 g/mol. The minimum atomic E-state index is -0.959. The van der Waals surface area contributed by atoms with Crippen molar-refractivity contribution in [3.05, 3.63) is 95.3 Å². The zero-order valence-corrected chi connectivity index (χ0v) is 27.3. The first-order valence-electron chi connectivity index (χ1n) is 15.2. The van der Waals surface area contributed by atoms with E-state index in [1.807, 2.05) is 6.07 Å². The van der Waals surface area contributed by atoms with Gasteiger partial charge >= 0.3 is 6.03 Å². The number of thiazole rings is 1. The fourth-order valence-electron chi connectivity index (χ4n) is 6.25. The van der Waals surface area contributed by atoms with Crippen LogP contribution in [0.1, 0.15) is 16.7 Å². The maximum absolute atomic E-state index is 14.5. The highest BCUT2D eigenvalue weighted by Gasteiger charge is 2.51. The molecule has 0 spiro atoms. The SMILES string of the molecule is C=CCN1CC(=O)N2[C@@H](Cc3ccc(O)cc3)C(=O)N(Cc3ccc(F)c4scnc34)C[C@@H]2N1C(=O)NCc1ccc(OC)c(OC)c1. The number of amides is 4. The molecule has 0 saturated carbocycles. The summed E-state index contributed by atoms with van der Waals surface area (Å²) in [7, 11) is 3.07. The van der Waals surface area contributed by atoms with E-state index in [2.05, 4.69) is 16.9 Å². The number of urea groups is 1. The minimum Gasteiger partial charge on any atom is -0.508 e. The molecule has 0 radical (unpaired) electrons. The predicted molar refractivity (Wildman–Crippen MR) is 177 cm³/mol. The van der Waals surface area contributed by atoms with Gasteiger partial charge in [-0.25, -0.2) is 24.2 Å². The summed E-state index contributed by atoms with van der Waals surface area (Å²) in [5.41, 5.74) is 4.15. The Bertz CT molecular complexity index is 1850. The first kappa shape index (κ1) is 32.7. The summed E-state index contributed by atoms with van der Waals surface area (Å²) in [6, 6.07) is 13.3. The Morgan fingerprint density at radius 3 is 2.58 bits per heavy atom. The summed E-state index contributed by atoms with van der Waals surface area (Å²) >= 11 is 1.18. The molecule has 2 N–H and O–H groups in total. The number of aromatic hydroxyl groups is 1. The molecule has 2 aliphatic rings. The lowest BCUT2D eigenvalue weighted by Gasteiger charge is -2.55. The molecule has 14 heteroatoms. The van der Waals surface area contributed by atoms with Crippen molar-refractivity contribution in [2.45, 2.75) is 31.7 Å². The second-order valence-corrected chi connectivity index (χ2v) is 12.3. The number of fused-ring (bicyclic) bond motifs is 2. The largest absolute Gasteiger partial charge is 0.508 e. The van der Waals surface area contributed by atoms with Crippen molar-refractivity contribution < 1.29 is 33.4 Å². The summed E-state index contributed by atoms with van der Waals surface area (Å²) in [5, 5.41) is 15.9. The van der Waals surface area contributed by atoms with Crippen LogP contribution < -0.4 is 14.8 Å². The Labute approximate surface area is 280 Å². The fraction of sp³-hybridized carbons (Fsp3) is 0.294. The minimum absolute atomic E-state index is 0.00290. The first-order valence-corrected chi connectivity index (χ1v) is 16.1. The van der Waals surface area contributed by atoms with Gasteiger partial charge in [0.05, 0.1) is 43.0 Å². The molecule has 4 aromatic rings. The maximum Gasteiger partial charge on any atom is 0.334 e. The number of methoxy groups -OCH3 is 2. The summed E-state index contributed by atoms with van der Waals surface area (Å²) in [6.07, 6.45) is 0.882.